The molecule has 0 aromatic heterocycles. The Balaban J connectivity index is 1.37. The van der Waals surface area contributed by atoms with Crippen molar-refractivity contribution in [3.05, 3.63) is 131 Å². The molecular formula is C29H20FNO3. The predicted octanol–water partition coefficient (Wildman–Crippen LogP) is 6.42. The smallest absolute Gasteiger partial charge is 0.363 e. The first-order valence-electron chi connectivity index (χ1n) is 10.8. The molecule has 1 aliphatic heterocycles. The third-order valence-electron chi connectivity index (χ3n) is 5.41. The van der Waals surface area contributed by atoms with Gasteiger partial charge in [-0.05, 0) is 41.5 Å². The first kappa shape index (κ1) is 21.3. The summed E-state index contributed by atoms with van der Waals surface area (Å²) < 4.78 is 25.2. The Labute approximate surface area is 196 Å². The van der Waals surface area contributed by atoms with Gasteiger partial charge in [0.25, 0.3) is 0 Å². The molecule has 0 atom stereocenters. The summed E-state index contributed by atoms with van der Waals surface area (Å²) in [5.41, 5.74) is 4.14. The van der Waals surface area contributed by atoms with Gasteiger partial charge in [0.15, 0.2) is 5.70 Å². The number of nitrogens with zero attached hydrogens (tertiary/aromatic N) is 1. The van der Waals surface area contributed by atoms with Crippen molar-refractivity contribution >= 4 is 17.9 Å². The second-order valence-electron chi connectivity index (χ2n) is 7.70. The van der Waals surface area contributed by atoms with E-state index in [9.17, 15) is 9.18 Å². The Kier molecular flexibility index (Phi) is 5.99. The van der Waals surface area contributed by atoms with Crippen LogP contribution in [0.5, 0.6) is 5.75 Å². The van der Waals surface area contributed by atoms with Crippen molar-refractivity contribution in [2.45, 2.75) is 6.61 Å². The molecule has 166 valence electrons. The van der Waals surface area contributed by atoms with E-state index in [1.165, 1.54) is 6.07 Å². The number of ether oxygens (including phenoxy) is 2. The highest BCUT2D eigenvalue weighted by Gasteiger charge is 2.24. The fourth-order valence-corrected chi connectivity index (χ4v) is 3.62. The van der Waals surface area contributed by atoms with E-state index in [2.05, 4.69) is 4.99 Å². The van der Waals surface area contributed by atoms with E-state index < -0.39 is 5.97 Å². The largest absolute Gasteiger partial charge is 0.488 e. The molecular weight excluding hydrogens is 429 g/mol. The first-order valence-corrected chi connectivity index (χ1v) is 10.8. The number of esters is 1. The van der Waals surface area contributed by atoms with Crippen LogP contribution in [0.4, 0.5) is 4.39 Å². The van der Waals surface area contributed by atoms with E-state index in [0.29, 0.717) is 22.4 Å². The lowest BCUT2D eigenvalue weighted by molar-refractivity contribution is -0.129. The molecule has 4 aromatic carbocycles. The van der Waals surface area contributed by atoms with Gasteiger partial charge in [-0.2, -0.15) is 0 Å². The van der Waals surface area contributed by atoms with Crippen molar-refractivity contribution in [1.82, 2.24) is 0 Å². The van der Waals surface area contributed by atoms with Crippen LogP contribution in [0, 0.1) is 5.82 Å². The van der Waals surface area contributed by atoms with Crippen LogP contribution < -0.4 is 4.74 Å². The molecule has 1 aliphatic rings. The Morgan fingerprint density at radius 1 is 0.765 bits per heavy atom. The molecule has 0 bridgehead atoms. The fourth-order valence-electron chi connectivity index (χ4n) is 3.62. The summed E-state index contributed by atoms with van der Waals surface area (Å²) in [6, 6.07) is 31.4. The van der Waals surface area contributed by atoms with Gasteiger partial charge in [0.1, 0.15) is 18.2 Å². The minimum atomic E-state index is -0.536. The molecule has 5 heteroatoms. The maximum Gasteiger partial charge on any atom is 0.363 e. The molecule has 0 unspecified atom stereocenters. The summed E-state index contributed by atoms with van der Waals surface area (Å²) in [5.74, 6) is -0.0983. The van der Waals surface area contributed by atoms with Crippen LogP contribution in [-0.4, -0.2) is 11.9 Å². The number of halogens is 1. The fraction of sp³-hybridized carbons (Fsp3) is 0.0345. The summed E-state index contributed by atoms with van der Waals surface area (Å²) >= 11 is 0. The van der Waals surface area contributed by atoms with E-state index in [1.54, 1.807) is 36.4 Å². The predicted molar refractivity (Wildman–Crippen MR) is 130 cm³/mol. The molecule has 0 aliphatic carbocycles. The third-order valence-corrected chi connectivity index (χ3v) is 5.41. The van der Waals surface area contributed by atoms with Gasteiger partial charge >= 0.3 is 5.97 Å². The maximum atomic E-state index is 13.9. The number of cyclic esters (lactones) is 1. The van der Waals surface area contributed by atoms with Crippen LogP contribution in [0.3, 0.4) is 0 Å². The molecule has 0 saturated carbocycles. The van der Waals surface area contributed by atoms with Gasteiger partial charge in [0, 0.05) is 16.7 Å². The number of carbonyl (C=O) groups is 1. The number of para-hydroxylation sites is 1. The highest BCUT2D eigenvalue weighted by atomic mass is 19.1. The van der Waals surface area contributed by atoms with E-state index in [4.69, 9.17) is 9.47 Å². The molecule has 0 saturated heterocycles. The quantitative estimate of drug-likeness (QED) is 0.252. The van der Waals surface area contributed by atoms with Crippen LogP contribution in [0.15, 0.2) is 114 Å². The molecule has 5 rings (SSSR count). The average molecular weight is 449 g/mol. The number of carbonyl (C=O) groups excluding carboxylic acids is 1. The summed E-state index contributed by atoms with van der Waals surface area (Å²) in [5, 5.41) is 0. The number of rotatable bonds is 6. The van der Waals surface area contributed by atoms with Crippen LogP contribution in [-0.2, 0) is 16.1 Å². The Morgan fingerprint density at radius 2 is 1.41 bits per heavy atom. The maximum absolute atomic E-state index is 13.9. The van der Waals surface area contributed by atoms with Crippen molar-refractivity contribution in [1.29, 1.82) is 0 Å². The molecule has 4 nitrogen and oxygen atoms in total. The minimum Gasteiger partial charge on any atom is -0.488 e. The highest BCUT2D eigenvalue weighted by Crippen LogP contribution is 2.26. The number of hydrogen-bond donors (Lipinski definition) is 0. The van der Waals surface area contributed by atoms with Crippen LogP contribution in [0.1, 0.15) is 16.7 Å². The van der Waals surface area contributed by atoms with Gasteiger partial charge < -0.3 is 9.47 Å². The number of hydrogen-bond acceptors (Lipinski definition) is 4. The lowest BCUT2D eigenvalue weighted by Gasteiger charge is -2.10. The lowest BCUT2D eigenvalue weighted by atomic mass is 10.0. The van der Waals surface area contributed by atoms with Gasteiger partial charge in [-0.25, -0.2) is 14.2 Å². The summed E-state index contributed by atoms with van der Waals surface area (Å²) in [6.45, 7) is 0.0690. The van der Waals surface area contributed by atoms with E-state index in [-0.39, 0.29) is 24.0 Å². The molecule has 1 heterocycles. The standard InChI is InChI=1S/C29H20FNO3/c30-25-12-6-4-11-24(25)19-33-27-13-7-5-10-23(27)18-26-29(32)34-28(31-26)22-16-14-21(15-17-22)20-8-2-1-3-9-20/h1-18H,19H2/b26-18-. The van der Waals surface area contributed by atoms with Gasteiger partial charge in [0.05, 0.1) is 0 Å². The number of aliphatic imine (C=N–C) groups is 1. The first-order chi connectivity index (χ1) is 16.7. The van der Waals surface area contributed by atoms with E-state index in [1.807, 2.05) is 66.7 Å². The Morgan fingerprint density at radius 3 is 2.21 bits per heavy atom. The van der Waals surface area contributed by atoms with Gasteiger partial charge in [-0.1, -0.05) is 78.9 Å². The average Bonchev–Trinajstić information content (AvgIpc) is 3.25. The second kappa shape index (κ2) is 9.55. The SMILES string of the molecule is O=C1OC(c2ccc(-c3ccccc3)cc2)=N/C1=C\c1ccccc1OCc1ccccc1F. The number of benzene rings is 4. The van der Waals surface area contributed by atoms with Crippen molar-refractivity contribution in [2.75, 3.05) is 0 Å². The minimum absolute atomic E-state index is 0.0690. The van der Waals surface area contributed by atoms with Gasteiger partial charge in [-0.3, -0.25) is 0 Å². The zero-order valence-corrected chi connectivity index (χ0v) is 18.1. The topological polar surface area (TPSA) is 47.9 Å². The zero-order chi connectivity index (χ0) is 23.3. The summed E-state index contributed by atoms with van der Waals surface area (Å²) in [7, 11) is 0. The second-order valence-corrected chi connectivity index (χ2v) is 7.70. The van der Waals surface area contributed by atoms with Crippen molar-refractivity contribution in [2.24, 2.45) is 4.99 Å². The van der Waals surface area contributed by atoms with Crippen molar-refractivity contribution in [3.8, 4) is 16.9 Å². The van der Waals surface area contributed by atoms with Gasteiger partial charge in [0.2, 0.25) is 5.90 Å². The summed E-state index contributed by atoms with van der Waals surface area (Å²) in [4.78, 5) is 16.9. The summed E-state index contributed by atoms with van der Waals surface area (Å²) in [6.07, 6.45) is 1.62. The van der Waals surface area contributed by atoms with E-state index >= 15 is 0 Å². The highest BCUT2D eigenvalue weighted by molar-refractivity contribution is 6.13. The van der Waals surface area contributed by atoms with Gasteiger partial charge in [-0.15, -0.1) is 0 Å². The third kappa shape index (κ3) is 4.64. The molecule has 34 heavy (non-hydrogen) atoms. The molecule has 0 amide bonds. The van der Waals surface area contributed by atoms with Crippen molar-refractivity contribution in [3.63, 3.8) is 0 Å². The molecule has 0 N–H and O–H groups in total. The van der Waals surface area contributed by atoms with E-state index in [0.717, 1.165) is 11.1 Å². The molecule has 0 fully saturated rings. The monoisotopic (exact) mass is 449 g/mol. The van der Waals surface area contributed by atoms with Crippen LogP contribution >= 0.6 is 0 Å². The lowest BCUT2D eigenvalue weighted by Crippen LogP contribution is -2.05. The van der Waals surface area contributed by atoms with Crippen molar-refractivity contribution < 1.29 is 18.7 Å². The Bertz CT molecular complexity index is 1390. The molecule has 4 aromatic rings. The van der Waals surface area contributed by atoms with Crippen LogP contribution in [0.25, 0.3) is 17.2 Å². The normalized spacial score (nSPS) is 14.1. The zero-order valence-electron chi connectivity index (χ0n) is 18.1. The molecule has 0 radical (unpaired) electrons. The Hall–Kier alpha value is -4.51. The van der Waals surface area contributed by atoms with Crippen LogP contribution in [0.2, 0.25) is 0 Å². The molecule has 0 spiro atoms.